The van der Waals surface area contributed by atoms with Crippen molar-refractivity contribution in [1.29, 1.82) is 0 Å². The maximum absolute atomic E-state index is 12.4. The largest absolute Gasteiger partial charge is 0.573 e. The summed E-state index contributed by atoms with van der Waals surface area (Å²) in [5.74, 6) is -0.776. The molecule has 0 N–H and O–H groups in total. The molecular weight excluding hydrogens is 433 g/mol. The SMILES string of the molecule is CCOC(=O)c1ccc(C(C)c2cc(-c3ccc(OC(F)(F)F)cc3)ccc2CC=O)cc1. The van der Waals surface area contributed by atoms with Crippen molar-refractivity contribution in [2.45, 2.75) is 32.5 Å². The molecule has 0 fully saturated rings. The Hall–Kier alpha value is -3.61. The van der Waals surface area contributed by atoms with E-state index < -0.39 is 12.3 Å². The topological polar surface area (TPSA) is 52.6 Å². The first kappa shape index (κ1) is 24.0. The van der Waals surface area contributed by atoms with E-state index in [0.717, 1.165) is 28.5 Å². The first-order valence-corrected chi connectivity index (χ1v) is 10.4. The molecule has 0 aliphatic rings. The highest BCUT2D eigenvalue weighted by Crippen LogP contribution is 2.33. The average Bonchev–Trinajstić information content (AvgIpc) is 2.79. The summed E-state index contributed by atoms with van der Waals surface area (Å²) in [6, 6.07) is 18.3. The zero-order chi connectivity index (χ0) is 24.0. The van der Waals surface area contributed by atoms with Gasteiger partial charge in [0.25, 0.3) is 0 Å². The van der Waals surface area contributed by atoms with Gasteiger partial charge in [-0.3, -0.25) is 0 Å². The number of esters is 1. The Balaban J connectivity index is 1.91. The zero-order valence-electron chi connectivity index (χ0n) is 18.2. The lowest BCUT2D eigenvalue weighted by Crippen LogP contribution is -2.16. The van der Waals surface area contributed by atoms with Crippen LogP contribution in [0.25, 0.3) is 11.1 Å². The predicted molar refractivity (Wildman–Crippen MR) is 118 cm³/mol. The fraction of sp³-hybridized carbons (Fsp3) is 0.231. The van der Waals surface area contributed by atoms with E-state index in [-0.39, 0.29) is 18.1 Å². The van der Waals surface area contributed by atoms with Gasteiger partial charge in [-0.15, -0.1) is 13.2 Å². The molecule has 0 amide bonds. The van der Waals surface area contributed by atoms with Gasteiger partial charge in [-0.2, -0.15) is 0 Å². The van der Waals surface area contributed by atoms with Crippen molar-refractivity contribution < 1.29 is 32.2 Å². The Kier molecular flexibility index (Phi) is 7.53. The third-order valence-corrected chi connectivity index (χ3v) is 5.26. The van der Waals surface area contributed by atoms with Crippen LogP contribution in [0.1, 0.15) is 46.8 Å². The summed E-state index contributed by atoms with van der Waals surface area (Å²) in [4.78, 5) is 23.1. The fourth-order valence-corrected chi connectivity index (χ4v) is 3.60. The van der Waals surface area contributed by atoms with E-state index in [0.29, 0.717) is 17.7 Å². The Morgan fingerprint density at radius 1 is 0.970 bits per heavy atom. The molecule has 0 aliphatic carbocycles. The van der Waals surface area contributed by atoms with Gasteiger partial charge in [0.2, 0.25) is 0 Å². The standard InChI is InChI=1S/C26H23F3O4/c1-3-32-25(31)21-7-4-18(5-8-21)17(2)24-16-22(9-6-20(24)14-15-30)19-10-12-23(13-11-19)33-26(27,28)29/h4-13,15-17H,3,14H2,1-2H3. The maximum atomic E-state index is 12.4. The summed E-state index contributed by atoms with van der Waals surface area (Å²) in [6.45, 7) is 4.03. The summed E-state index contributed by atoms with van der Waals surface area (Å²) < 4.78 is 46.2. The third-order valence-electron chi connectivity index (χ3n) is 5.26. The summed E-state index contributed by atoms with van der Waals surface area (Å²) >= 11 is 0. The number of halogens is 3. The number of aldehydes is 1. The molecule has 7 heteroatoms. The first-order chi connectivity index (χ1) is 15.7. The molecule has 3 aromatic rings. The number of hydrogen-bond acceptors (Lipinski definition) is 4. The number of benzene rings is 3. The van der Waals surface area contributed by atoms with Crippen LogP contribution in [0.3, 0.4) is 0 Å². The molecule has 0 spiro atoms. The molecule has 33 heavy (non-hydrogen) atoms. The van der Waals surface area contributed by atoms with Gasteiger partial charge in [-0.25, -0.2) is 4.79 Å². The highest BCUT2D eigenvalue weighted by Gasteiger charge is 2.31. The van der Waals surface area contributed by atoms with Crippen molar-refractivity contribution in [3.63, 3.8) is 0 Å². The number of ether oxygens (including phenoxy) is 2. The van der Waals surface area contributed by atoms with Gasteiger partial charge in [0.1, 0.15) is 12.0 Å². The second-order valence-corrected chi connectivity index (χ2v) is 7.42. The number of alkyl halides is 3. The van der Waals surface area contributed by atoms with Gasteiger partial charge in [-0.05, 0) is 59.0 Å². The maximum Gasteiger partial charge on any atom is 0.573 e. The van der Waals surface area contributed by atoms with E-state index in [1.807, 2.05) is 37.3 Å². The van der Waals surface area contributed by atoms with Crippen molar-refractivity contribution >= 4 is 12.3 Å². The molecular formula is C26H23F3O4. The van der Waals surface area contributed by atoms with Crippen molar-refractivity contribution in [3.8, 4) is 16.9 Å². The van der Waals surface area contributed by atoms with E-state index in [1.54, 1.807) is 31.2 Å². The summed E-state index contributed by atoms with van der Waals surface area (Å²) in [5, 5.41) is 0. The Morgan fingerprint density at radius 3 is 2.18 bits per heavy atom. The van der Waals surface area contributed by atoms with Gasteiger partial charge < -0.3 is 14.3 Å². The number of carbonyl (C=O) groups excluding carboxylic acids is 2. The van der Waals surface area contributed by atoms with Crippen molar-refractivity contribution in [1.82, 2.24) is 0 Å². The molecule has 172 valence electrons. The number of carbonyl (C=O) groups is 2. The molecule has 0 heterocycles. The van der Waals surface area contributed by atoms with Gasteiger partial charge in [0, 0.05) is 12.3 Å². The highest BCUT2D eigenvalue weighted by atomic mass is 19.4. The molecule has 0 saturated heterocycles. The van der Waals surface area contributed by atoms with Crippen LogP contribution in [0.4, 0.5) is 13.2 Å². The van der Waals surface area contributed by atoms with Crippen LogP contribution in [-0.2, 0) is 16.0 Å². The highest BCUT2D eigenvalue weighted by molar-refractivity contribution is 5.89. The molecule has 0 saturated carbocycles. The van der Waals surface area contributed by atoms with Crippen LogP contribution in [0.2, 0.25) is 0 Å². The smallest absolute Gasteiger partial charge is 0.462 e. The van der Waals surface area contributed by atoms with Crippen LogP contribution in [0.15, 0.2) is 66.7 Å². The first-order valence-electron chi connectivity index (χ1n) is 10.4. The molecule has 0 radical (unpaired) electrons. The molecule has 0 bridgehead atoms. The molecule has 0 aromatic heterocycles. The minimum atomic E-state index is -4.75. The van der Waals surface area contributed by atoms with Crippen molar-refractivity contribution in [2.24, 2.45) is 0 Å². The minimum absolute atomic E-state index is 0.0935. The lowest BCUT2D eigenvalue weighted by molar-refractivity contribution is -0.274. The van der Waals surface area contributed by atoms with E-state index >= 15 is 0 Å². The van der Waals surface area contributed by atoms with Gasteiger partial charge >= 0.3 is 12.3 Å². The molecule has 0 aliphatic heterocycles. The Bertz CT molecular complexity index is 1100. The Labute approximate surface area is 190 Å². The van der Waals surface area contributed by atoms with Crippen LogP contribution in [0.5, 0.6) is 5.75 Å². The molecule has 3 aromatic carbocycles. The van der Waals surface area contributed by atoms with Gasteiger partial charge in [-0.1, -0.05) is 49.4 Å². The monoisotopic (exact) mass is 456 g/mol. The lowest BCUT2D eigenvalue weighted by atomic mass is 9.86. The zero-order valence-corrected chi connectivity index (χ0v) is 18.2. The van der Waals surface area contributed by atoms with Crippen LogP contribution < -0.4 is 4.74 Å². The van der Waals surface area contributed by atoms with Crippen LogP contribution in [0, 0.1) is 0 Å². The third kappa shape index (κ3) is 6.22. The predicted octanol–water partition coefficient (Wildman–Crippen LogP) is 6.32. The number of hydrogen-bond donors (Lipinski definition) is 0. The summed E-state index contributed by atoms with van der Waals surface area (Å²) in [6.07, 6.45) is -3.68. The van der Waals surface area contributed by atoms with Gasteiger partial charge in [0.15, 0.2) is 0 Å². The van der Waals surface area contributed by atoms with Crippen LogP contribution >= 0.6 is 0 Å². The lowest BCUT2D eigenvalue weighted by Gasteiger charge is -2.18. The number of rotatable bonds is 8. The second kappa shape index (κ2) is 10.3. The van der Waals surface area contributed by atoms with E-state index in [2.05, 4.69) is 4.74 Å². The van der Waals surface area contributed by atoms with E-state index in [9.17, 15) is 22.8 Å². The second-order valence-electron chi connectivity index (χ2n) is 7.42. The average molecular weight is 456 g/mol. The Morgan fingerprint density at radius 2 is 1.61 bits per heavy atom. The normalized spacial score (nSPS) is 12.2. The molecule has 4 nitrogen and oxygen atoms in total. The molecule has 1 unspecified atom stereocenters. The summed E-state index contributed by atoms with van der Waals surface area (Å²) in [5.41, 5.74) is 4.69. The molecule has 1 atom stereocenters. The van der Waals surface area contributed by atoms with E-state index in [4.69, 9.17) is 4.74 Å². The van der Waals surface area contributed by atoms with Gasteiger partial charge in [0.05, 0.1) is 12.2 Å². The minimum Gasteiger partial charge on any atom is -0.462 e. The quantitative estimate of drug-likeness (QED) is 0.294. The van der Waals surface area contributed by atoms with Crippen molar-refractivity contribution in [2.75, 3.05) is 6.61 Å². The van der Waals surface area contributed by atoms with Crippen LogP contribution in [-0.4, -0.2) is 25.2 Å². The molecule has 3 rings (SSSR count). The summed E-state index contributed by atoms with van der Waals surface area (Å²) in [7, 11) is 0. The van der Waals surface area contributed by atoms with E-state index in [1.165, 1.54) is 12.1 Å². The fourth-order valence-electron chi connectivity index (χ4n) is 3.60. The van der Waals surface area contributed by atoms with Crippen molar-refractivity contribution in [3.05, 3.63) is 89.0 Å².